The number of rotatable bonds is 0. The topological polar surface area (TPSA) is 36.7 Å². The molecule has 1 aromatic rings. The van der Waals surface area contributed by atoms with Crippen molar-refractivity contribution in [1.29, 1.82) is 5.26 Å². The molecule has 1 aromatic heterocycles. The van der Waals surface area contributed by atoms with Crippen molar-refractivity contribution in [2.75, 3.05) is 0 Å². The number of halogens is 3. The first-order chi connectivity index (χ1) is 7.57. The van der Waals surface area contributed by atoms with Crippen molar-refractivity contribution in [2.45, 2.75) is 37.4 Å². The SMILES string of the molecule is CC(C)(C)c1cc(C(F)(F)F)c(C#N)c([S-])n1. The largest absolute Gasteiger partial charge is 0.759 e. The second kappa shape index (κ2) is 4.15. The Hall–Kier alpha value is -1.35. The van der Waals surface area contributed by atoms with Crippen LogP contribution in [0.25, 0.3) is 0 Å². The molecule has 1 rings (SSSR count). The van der Waals surface area contributed by atoms with E-state index in [2.05, 4.69) is 4.98 Å². The van der Waals surface area contributed by atoms with Crippen LogP contribution >= 0.6 is 0 Å². The average molecular weight is 259 g/mol. The van der Waals surface area contributed by atoms with Gasteiger partial charge in [0.2, 0.25) is 0 Å². The zero-order valence-corrected chi connectivity index (χ0v) is 10.3. The molecule has 0 amide bonds. The third-order valence-electron chi connectivity index (χ3n) is 2.17. The first kappa shape index (κ1) is 13.7. The van der Waals surface area contributed by atoms with Gasteiger partial charge in [-0.3, -0.25) is 4.98 Å². The Labute approximate surface area is 103 Å². The second-order valence-corrected chi connectivity index (χ2v) is 4.98. The van der Waals surface area contributed by atoms with E-state index >= 15 is 0 Å². The standard InChI is InChI=1S/C11H11F3N2S/c1-10(2,3)8-4-7(11(12,13)14)6(5-15)9(17)16-8/h4H,1-3H3,(H,16,17)/p-1. The van der Waals surface area contributed by atoms with Gasteiger partial charge in [0.25, 0.3) is 0 Å². The van der Waals surface area contributed by atoms with Gasteiger partial charge in [0.15, 0.2) is 0 Å². The fourth-order valence-electron chi connectivity index (χ4n) is 1.24. The van der Waals surface area contributed by atoms with Gasteiger partial charge in [0, 0.05) is 11.1 Å². The predicted octanol–water partition coefficient (Wildman–Crippen LogP) is 3.18. The van der Waals surface area contributed by atoms with Crippen LogP contribution in [0.1, 0.15) is 37.6 Å². The molecule has 0 aliphatic rings. The second-order valence-electron chi connectivity index (χ2n) is 4.59. The number of pyridine rings is 1. The van der Waals surface area contributed by atoms with Gasteiger partial charge in [-0.15, -0.1) is 0 Å². The summed E-state index contributed by atoms with van der Waals surface area (Å²) >= 11 is 4.73. The minimum Gasteiger partial charge on any atom is -0.759 e. The molecule has 0 radical (unpaired) electrons. The molecule has 17 heavy (non-hydrogen) atoms. The summed E-state index contributed by atoms with van der Waals surface area (Å²) in [6.07, 6.45) is -4.60. The van der Waals surface area contributed by atoms with Crippen molar-refractivity contribution in [2.24, 2.45) is 0 Å². The number of hydrogen-bond acceptors (Lipinski definition) is 3. The van der Waals surface area contributed by atoms with E-state index in [0.717, 1.165) is 6.07 Å². The maximum atomic E-state index is 12.8. The van der Waals surface area contributed by atoms with Gasteiger partial charge >= 0.3 is 6.18 Å². The fourth-order valence-corrected chi connectivity index (χ4v) is 1.49. The Balaban J connectivity index is 3.58. The number of aromatic nitrogens is 1. The molecule has 0 spiro atoms. The molecule has 0 N–H and O–H groups in total. The zero-order chi connectivity index (χ0) is 13.4. The summed E-state index contributed by atoms with van der Waals surface area (Å²) in [4.78, 5) is 3.88. The lowest BCUT2D eigenvalue weighted by Gasteiger charge is -2.23. The van der Waals surface area contributed by atoms with Gasteiger partial charge in [-0.05, 0) is 6.07 Å². The smallest absolute Gasteiger partial charge is 0.417 e. The molecular formula is C11H10F3N2S-. The summed E-state index contributed by atoms with van der Waals surface area (Å²) in [6, 6.07) is 2.36. The minimum absolute atomic E-state index is 0.230. The van der Waals surface area contributed by atoms with Crippen LogP contribution in [0.3, 0.4) is 0 Å². The van der Waals surface area contributed by atoms with E-state index in [-0.39, 0.29) is 10.7 Å². The Bertz CT molecular complexity index is 481. The first-order valence-electron chi connectivity index (χ1n) is 4.77. The Morgan fingerprint density at radius 1 is 1.29 bits per heavy atom. The van der Waals surface area contributed by atoms with Gasteiger partial charge in [-0.2, -0.15) is 18.4 Å². The van der Waals surface area contributed by atoms with Crippen LogP contribution in [-0.2, 0) is 24.2 Å². The van der Waals surface area contributed by atoms with Gasteiger partial charge in [0.05, 0.1) is 17.2 Å². The molecule has 1 heterocycles. The molecule has 0 aliphatic heterocycles. The normalized spacial score (nSPS) is 12.3. The van der Waals surface area contributed by atoms with Crippen molar-refractivity contribution in [1.82, 2.24) is 4.98 Å². The van der Waals surface area contributed by atoms with Crippen LogP contribution in [0, 0.1) is 11.3 Å². The van der Waals surface area contributed by atoms with Crippen LogP contribution in [-0.4, -0.2) is 4.98 Å². The van der Waals surface area contributed by atoms with Crippen molar-refractivity contribution >= 4 is 12.6 Å². The Kier molecular flexibility index (Phi) is 3.35. The first-order valence-corrected chi connectivity index (χ1v) is 5.18. The fraction of sp³-hybridized carbons (Fsp3) is 0.455. The van der Waals surface area contributed by atoms with Crippen molar-refractivity contribution in [3.8, 4) is 6.07 Å². The predicted molar refractivity (Wildman–Crippen MR) is 58.3 cm³/mol. The minimum atomic E-state index is -4.60. The summed E-state index contributed by atoms with van der Waals surface area (Å²) in [5.74, 6) is 0. The van der Waals surface area contributed by atoms with Crippen LogP contribution in [0.5, 0.6) is 0 Å². The maximum Gasteiger partial charge on any atom is 0.417 e. The quantitative estimate of drug-likeness (QED) is 0.671. The van der Waals surface area contributed by atoms with E-state index in [1.165, 1.54) is 6.07 Å². The molecule has 0 atom stereocenters. The molecule has 0 saturated carbocycles. The van der Waals surface area contributed by atoms with E-state index in [0.29, 0.717) is 0 Å². The maximum absolute atomic E-state index is 12.8. The third kappa shape index (κ3) is 2.86. The van der Waals surface area contributed by atoms with E-state index in [1.54, 1.807) is 20.8 Å². The van der Waals surface area contributed by atoms with Gasteiger partial charge in [-0.1, -0.05) is 25.8 Å². The van der Waals surface area contributed by atoms with E-state index in [1.807, 2.05) is 0 Å². The van der Waals surface area contributed by atoms with Crippen molar-refractivity contribution in [3.63, 3.8) is 0 Å². The van der Waals surface area contributed by atoms with Crippen molar-refractivity contribution < 1.29 is 13.2 Å². The Morgan fingerprint density at radius 3 is 2.18 bits per heavy atom. The van der Waals surface area contributed by atoms with Gasteiger partial charge in [0.1, 0.15) is 0 Å². The third-order valence-corrected chi connectivity index (χ3v) is 2.47. The summed E-state index contributed by atoms with van der Waals surface area (Å²) < 4.78 is 38.3. The van der Waals surface area contributed by atoms with Crippen LogP contribution in [0.15, 0.2) is 11.1 Å². The lowest BCUT2D eigenvalue weighted by Crippen LogP contribution is -2.18. The van der Waals surface area contributed by atoms with Crippen LogP contribution in [0.2, 0.25) is 0 Å². The lowest BCUT2D eigenvalue weighted by atomic mass is 9.90. The number of nitriles is 1. The van der Waals surface area contributed by atoms with E-state index in [9.17, 15) is 13.2 Å². The molecule has 6 heteroatoms. The highest BCUT2D eigenvalue weighted by atomic mass is 32.1. The molecular weight excluding hydrogens is 249 g/mol. The lowest BCUT2D eigenvalue weighted by molar-refractivity contribution is -0.138. The average Bonchev–Trinajstić information content (AvgIpc) is 2.13. The molecule has 0 aliphatic carbocycles. The Morgan fingerprint density at radius 2 is 1.82 bits per heavy atom. The zero-order valence-electron chi connectivity index (χ0n) is 9.51. The number of hydrogen-bond donors (Lipinski definition) is 0. The summed E-state index contributed by atoms with van der Waals surface area (Å²) in [5.41, 5.74) is -1.92. The monoisotopic (exact) mass is 259 g/mol. The number of alkyl halides is 3. The number of nitrogens with zero attached hydrogens (tertiary/aromatic N) is 2. The van der Waals surface area contributed by atoms with Crippen LogP contribution in [0.4, 0.5) is 13.2 Å². The van der Waals surface area contributed by atoms with E-state index in [4.69, 9.17) is 17.9 Å². The molecule has 0 unspecified atom stereocenters. The molecule has 0 bridgehead atoms. The van der Waals surface area contributed by atoms with Crippen LogP contribution < -0.4 is 0 Å². The highest BCUT2D eigenvalue weighted by molar-refractivity contribution is 7.58. The highest BCUT2D eigenvalue weighted by Gasteiger charge is 2.35. The van der Waals surface area contributed by atoms with Gasteiger partial charge < -0.3 is 12.6 Å². The van der Waals surface area contributed by atoms with E-state index < -0.39 is 22.7 Å². The molecule has 2 nitrogen and oxygen atoms in total. The summed E-state index contributed by atoms with van der Waals surface area (Å²) in [6.45, 7) is 5.20. The molecule has 0 fully saturated rings. The molecule has 92 valence electrons. The summed E-state index contributed by atoms with van der Waals surface area (Å²) in [5, 5.41) is 8.40. The molecule has 0 saturated heterocycles. The van der Waals surface area contributed by atoms with Crippen molar-refractivity contribution in [3.05, 3.63) is 22.9 Å². The van der Waals surface area contributed by atoms with Gasteiger partial charge in [-0.25, -0.2) is 0 Å². The highest BCUT2D eigenvalue weighted by Crippen LogP contribution is 2.35. The summed E-state index contributed by atoms with van der Waals surface area (Å²) in [7, 11) is 0. The molecule has 0 aromatic carbocycles.